The molecule has 25 heavy (non-hydrogen) atoms. The molecular formula is C21H25N3O. The van der Waals surface area contributed by atoms with Crippen molar-refractivity contribution in [3.63, 3.8) is 0 Å². The van der Waals surface area contributed by atoms with Crippen LogP contribution in [0.25, 0.3) is 5.70 Å². The monoisotopic (exact) mass is 335 g/mol. The third-order valence-corrected chi connectivity index (χ3v) is 4.80. The van der Waals surface area contributed by atoms with E-state index in [0.717, 1.165) is 23.4 Å². The molecule has 0 radical (unpaired) electrons. The molecule has 0 spiro atoms. The number of amides is 2. The van der Waals surface area contributed by atoms with Crippen molar-refractivity contribution in [3.8, 4) is 0 Å². The van der Waals surface area contributed by atoms with E-state index in [1.165, 1.54) is 11.1 Å². The molecule has 130 valence electrons. The number of rotatable bonds is 5. The van der Waals surface area contributed by atoms with Crippen molar-refractivity contribution in [3.05, 3.63) is 71.8 Å². The van der Waals surface area contributed by atoms with Crippen molar-refractivity contribution < 1.29 is 4.79 Å². The molecule has 2 aromatic carbocycles. The number of anilines is 1. The molecule has 4 heteroatoms. The van der Waals surface area contributed by atoms with Gasteiger partial charge in [-0.05, 0) is 37.7 Å². The lowest BCUT2D eigenvalue weighted by atomic mass is 10.0. The average Bonchev–Trinajstić information content (AvgIpc) is 2.61. The van der Waals surface area contributed by atoms with Gasteiger partial charge in [0.1, 0.15) is 0 Å². The summed E-state index contributed by atoms with van der Waals surface area (Å²) in [6.07, 6.45) is 1.02. The maximum atomic E-state index is 12.6. The number of likely N-dealkylation sites (N-methyl/N-ethyl adjacent to an activating group) is 1. The Hall–Kier alpha value is -2.59. The number of benzene rings is 2. The van der Waals surface area contributed by atoms with Gasteiger partial charge in [0.25, 0.3) is 0 Å². The first-order valence-electron chi connectivity index (χ1n) is 8.63. The summed E-state index contributed by atoms with van der Waals surface area (Å²) in [7, 11) is 4.08. The first-order valence-corrected chi connectivity index (χ1v) is 8.63. The number of carbonyl (C=O) groups is 1. The molecule has 1 aliphatic rings. The van der Waals surface area contributed by atoms with Crippen LogP contribution in [0.5, 0.6) is 0 Å². The van der Waals surface area contributed by atoms with Crippen LogP contribution in [0.15, 0.2) is 55.1 Å². The summed E-state index contributed by atoms with van der Waals surface area (Å²) in [5.41, 5.74) is 5.05. The molecule has 2 amide bonds. The number of hydrogen-bond acceptors (Lipinski definition) is 2. The average molecular weight is 335 g/mol. The summed E-state index contributed by atoms with van der Waals surface area (Å²) in [5.74, 6) is 0. The first-order chi connectivity index (χ1) is 12.0. The van der Waals surface area contributed by atoms with Gasteiger partial charge >= 0.3 is 6.03 Å². The highest BCUT2D eigenvalue weighted by Crippen LogP contribution is 2.33. The zero-order valence-electron chi connectivity index (χ0n) is 15.1. The number of hydrogen-bond donors (Lipinski definition) is 1. The predicted octanol–water partition coefficient (Wildman–Crippen LogP) is 4.37. The number of carbonyl (C=O) groups excluding carboxylic acids is 1. The molecule has 1 atom stereocenters. The van der Waals surface area contributed by atoms with Gasteiger partial charge in [-0.2, -0.15) is 0 Å². The van der Waals surface area contributed by atoms with Crippen molar-refractivity contribution in [2.75, 3.05) is 26.0 Å². The second-order valence-electron chi connectivity index (χ2n) is 6.61. The molecule has 0 saturated heterocycles. The molecule has 2 aromatic rings. The Balaban J connectivity index is 1.87. The molecule has 4 nitrogen and oxygen atoms in total. The van der Waals surface area contributed by atoms with Crippen LogP contribution in [-0.4, -0.2) is 36.5 Å². The van der Waals surface area contributed by atoms with E-state index in [1.54, 1.807) is 4.90 Å². The fraction of sp³-hybridized carbons (Fsp3) is 0.286. The summed E-state index contributed by atoms with van der Waals surface area (Å²) >= 11 is 0. The van der Waals surface area contributed by atoms with Crippen LogP contribution in [0.4, 0.5) is 10.5 Å². The fourth-order valence-electron chi connectivity index (χ4n) is 3.20. The second-order valence-corrected chi connectivity index (χ2v) is 6.61. The molecule has 0 bridgehead atoms. The molecule has 1 aliphatic heterocycles. The minimum Gasteiger partial charge on any atom is -0.307 e. The topological polar surface area (TPSA) is 35.6 Å². The number of nitrogens with zero attached hydrogens (tertiary/aromatic N) is 2. The van der Waals surface area contributed by atoms with Crippen molar-refractivity contribution in [2.45, 2.75) is 19.4 Å². The third kappa shape index (κ3) is 3.44. The van der Waals surface area contributed by atoms with E-state index in [9.17, 15) is 4.79 Å². The highest BCUT2D eigenvalue weighted by molar-refractivity contribution is 6.02. The Bertz CT molecular complexity index is 780. The highest BCUT2D eigenvalue weighted by atomic mass is 16.2. The molecule has 0 saturated carbocycles. The van der Waals surface area contributed by atoms with Crippen molar-refractivity contribution in [1.82, 2.24) is 9.80 Å². The zero-order valence-corrected chi connectivity index (χ0v) is 15.1. The van der Waals surface area contributed by atoms with Crippen LogP contribution < -0.4 is 5.32 Å². The van der Waals surface area contributed by atoms with Crippen LogP contribution in [0, 0.1) is 0 Å². The van der Waals surface area contributed by atoms with Crippen molar-refractivity contribution in [1.29, 1.82) is 0 Å². The second kappa shape index (κ2) is 7.11. The normalized spacial score (nSPS) is 15.1. The number of para-hydroxylation sites is 1. The van der Waals surface area contributed by atoms with E-state index in [-0.39, 0.29) is 12.1 Å². The van der Waals surface area contributed by atoms with Crippen LogP contribution in [0.3, 0.4) is 0 Å². The maximum Gasteiger partial charge on any atom is 0.326 e. The van der Waals surface area contributed by atoms with E-state index >= 15 is 0 Å². The van der Waals surface area contributed by atoms with Gasteiger partial charge in [-0.15, -0.1) is 0 Å². The number of aryl methyl sites for hydroxylation is 1. The van der Waals surface area contributed by atoms with E-state index in [0.29, 0.717) is 6.54 Å². The van der Waals surface area contributed by atoms with Gasteiger partial charge in [0, 0.05) is 17.8 Å². The lowest BCUT2D eigenvalue weighted by Crippen LogP contribution is -2.42. The standard InChI is InChI=1S/C21H25N3O/c1-5-16-10-12-17(13-11-16)20(23(3)4)14-24-15(2)18-8-6-7-9-19(18)22-21(24)25/h6-13,20H,2,5,14H2,1,3-4H3,(H,22,25). The molecule has 3 rings (SSSR count). The van der Waals surface area contributed by atoms with E-state index in [4.69, 9.17) is 0 Å². The quantitative estimate of drug-likeness (QED) is 0.880. The predicted molar refractivity (Wildman–Crippen MR) is 103 cm³/mol. The summed E-state index contributed by atoms with van der Waals surface area (Å²) in [5, 5.41) is 2.96. The largest absolute Gasteiger partial charge is 0.326 e. The molecule has 1 unspecified atom stereocenters. The van der Waals surface area contributed by atoms with Gasteiger partial charge in [0.2, 0.25) is 0 Å². The van der Waals surface area contributed by atoms with Gasteiger partial charge in [-0.3, -0.25) is 4.90 Å². The number of fused-ring (bicyclic) bond motifs is 1. The van der Waals surface area contributed by atoms with Crippen LogP contribution >= 0.6 is 0 Å². The fourth-order valence-corrected chi connectivity index (χ4v) is 3.20. The molecule has 0 fully saturated rings. The first kappa shape index (κ1) is 17.2. The highest BCUT2D eigenvalue weighted by Gasteiger charge is 2.29. The zero-order chi connectivity index (χ0) is 18.0. The Kier molecular flexibility index (Phi) is 4.91. The Morgan fingerprint density at radius 1 is 1.12 bits per heavy atom. The van der Waals surface area contributed by atoms with Crippen molar-refractivity contribution in [2.24, 2.45) is 0 Å². The van der Waals surface area contributed by atoms with E-state index in [1.807, 2.05) is 38.4 Å². The van der Waals surface area contributed by atoms with Crippen LogP contribution in [0.1, 0.15) is 29.7 Å². The Morgan fingerprint density at radius 2 is 1.80 bits per heavy atom. The molecule has 0 aromatic heterocycles. The number of urea groups is 1. The van der Waals surface area contributed by atoms with Crippen molar-refractivity contribution >= 4 is 17.4 Å². The smallest absolute Gasteiger partial charge is 0.307 e. The van der Waals surface area contributed by atoms with Gasteiger partial charge in [0.05, 0.1) is 11.7 Å². The molecular weight excluding hydrogens is 310 g/mol. The molecule has 1 heterocycles. The van der Waals surface area contributed by atoms with Gasteiger partial charge < -0.3 is 10.2 Å². The molecule has 0 aliphatic carbocycles. The summed E-state index contributed by atoms with van der Waals surface area (Å²) in [6, 6.07) is 16.4. The Morgan fingerprint density at radius 3 is 2.44 bits per heavy atom. The van der Waals surface area contributed by atoms with Crippen LogP contribution in [-0.2, 0) is 6.42 Å². The minimum atomic E-state index is -0.124. The minimum absolute atomic E-state index is 0.0960. The summed E-state index contributed by atoms with van der Waals surface area (Å²) < 4.78 is 0. The van der Waals surface area contributed by atoms with E-state index < -0.39 is 0 Å². The lowest BCUT2D eigenvalue weighted by Gasteiger charge is -2.36. The lowest BCUT2D eigenvalue weighted by molar-refractivity contribution is 0.208. The number of nitrogens with one attached hydrogen (secondary N) is 1. The van der Waals surface area contributed by atoms with Gasteiger partial charge in [-0.25, -0.2) is 4.79 Å². The Labute approximate surface area is 149 Å². The third-order valence-electron chi connectivity index (χ3n) is 4.80. The van der Waals surface area contributed by atoms with E-state index in [2.05, 4.69) is 48.0 Å². The summed E-state index contributed by atoms with van der Waals surface area (Å²) in [6.45, 7) is 6.87. The summed E-state index contributed by atoms with van der Waals surface area (Å²) in [4.78, 5) is 16.5. The van der Waals surface area contributed by atoms with Gasteiger partial charge in [0.15, 0.2) is 0 Å². The molecule has 1 N–H and O–H groups in total. The van der Waals surface area contributed by atoms with Gasteiger partial charge in [-0.1, -0.05) is 56.0 Å². The SMILES string of the molecule is C=C1c2ccccc2NC(=O)N1CC(c1ccc(CC)cc1)N(C)C. The maximum absolute atomic E-state index is 12.6. The van der Waals surface area contributed by atoms with Crippen LogP contribution in [0.2, 0.25) is 0 Å².